The van der Waals surface area contributed by atoms with E-state index >= 15 is 0 Å². The third-order valence-corrected chi connectivity index (χ3v) is 6.53. The van der Waals surface area contributed by atoms with Crippen LogP contribution in [0, 0.1) is 5.92 Å². The van der Waals surface area contributed by atoms with Gasteiger partial charge in [0.2, 0.25) is 5.91 Å². The van der Waals surface area contributed by atoms with Crippen molar-refractivity contribution in [2.45, 2.75) is 19.4 Å². The summed E-state index contributed by atoms with van der Waals surface area (Å²) >= 11 is 1.41. The molecular formula is C24H26N4O3S. The van der Waals surface area contributed by atoms with Crippen molar-refractivity contribution in [3.63, 3.8) is 0 Å². The highest BCUT2D eigenvalue weighted by Crippen LogP contribution is 2.32. The second kappa shape index (κ2) is 9.93. The Kier molecular flexibility index (Phi) is 6.82. The smallest absolute Gasteiger partial charge is 0.275 e. The first-order chi connectivity index (χ1) is 15.5. The molecule has 1 fully saturated rings. The largest absolute Gasteiger partial charge is 0.496 e. The second-order valence-electron chi connectivity index (χ2n) is 7.85. The Labute approximate surface area is 191 Å². The van der Waals surface area contributed by atoms with Gasteiger partial charge in [0.25, 0.3) is 5.91 Å². The number of nitrogens with zero attached hydrogens (tertiary/aromatic N) is 2. The number of primary amides is 1. The van der Waals surface area contributed by atoms with Crippen molar-refractivity contribution < 1.29 is 14.3 Å². The number of hydrogen-bond acceptors (Lipinski definition) is 6. The summed E-state index contributed by atoms with van der Waals surface area (Å²) in [5, 5.41) is 5.44. The van der Waals surface area contributed by atoms with E-state index in [1.54, 1.807) is 12.5 Å². The van der Waals surface area contributed by atoms with Crippen molar-refractivity contribution >= 4 is 28.8 Å². The minimum absolute atomic E-state index is 0.0178. The molecule has 3 N–H and O–H groups in total. The number of ether oxygens (including phenoxy) is 1. The Hall–Kier alpha value is -3.23. The van der Waals surface area contributed by atoms with Crippen LogP contribution in [0.2, 0.25) is 0 Å². The zero-order valence-electron chi connectivity index (χ0n) is 17.9. The molecule has 3 aromatic rings. The Morgan fingerprint density at radius 2 is 1.97 bits per heavy atom. The summed E-state index contributed by atoms with van der Waals surface area (Å²) in [6.07, 6.45) is 1.59. The number of para-hydroxylation sites is 1. The van der Waals surface area contributed by atoms with Crippen LogP contribution in [0.25, 0.3) is 10.6 Å². The third kappa shape index (κ3) is 5.15. The van der Waals surface area contributed by atoms with E-state index in [0.29, 0.717) is 5.69 Å². The standard InChI is InChI=1S/C24H26N4O3S/c1-31-21-8-3-2-7-19(21)24-27-20(15-32-24)23(30)26-18-6-4-5-16(13-18)14-28-11-9-17(10-12-28)22(25)29/h2-8,13,15,17H,9-12,14H2,1H3,(H2,25,29)(H,26,30). The van der Waals surface area contributed by atoms with Crippen LogP contribution < -0.4 is 15.8 Å². The van der Waals surface area contributed by atoms with E-state index in [9.17, 15) is 9.59 Å². The fourth-order valence-corrected chi connectivity index (χ4v) is 4.73. The number of thiazole rings is 1. The number of hydrogen-bond donors (Lipinski definition) is 2. The van der Waals surface area contributed by atoms with E-state index in [-0.39, 0.29) is 17.7 Å². The van der Waals surface area contributed by atoms with Crippen LogP contribution in [0.5, 0.6) is 5.75 Å². The average Bonchev–Trinajstić information content (AvgIpc) is 3.30. The molecule has 2 amide bonds. The van der Waals surface area contributed by atoms with Crippen LogP contribution in [-0.4, -0.2) is 41.9 Å². The molecule has 2 heterocycles. The Balaban J connectivity index is 1.39. The van der Waals surface area contributed by atoms with E-state index in [0.717, 1.165) is 60.0 Å². The molecule has 0 unspecified atom stereocenters. The zero-order chi connectivity index (χ0) is 22.5. The lowest BCUT2D eigenvalue weighted by molar-refractivity contribution is -0.123. The van der Waals surface area contributed by atoms with Gasteiger partial charge in [-0.3, -0.25) is 14.5 Å². The SMILES string of the molecule is COc1ccccc1-c1nc(C(=O)Nc2cccc(CN3CCC(C(N)=O)CC3)c2)cs1. The summed E-state index contributed by atoms with van der Waals surface area (Å²) in [6.45, 7) is 2.45. The number of benzene rings is 2. The van der Waals surface area contributed by atoms with E-state index in [2.05, 4.69) is 15.2 Å². The van der Waals surface area contributed by atoms with Crippen LogP contribution in [0.1, 0.15) is 28.9 Å². The maximum atomic E-state index is 12.8. The second-order valence-corrected chi connectivity index (χ2v) is 8.70. The van der Waals surface area contributed by atoms with Crippen LogP contribution in [0.15, 0.2) is 53.9 Å². The van der Waals surface area contributed by atoms with Crippen LogP contribution in [-0.2, 0) is 11.3 Å². The topological polar surface area (TPSA) is 97.6 Å². The number of anilines is 1. The van der Waals surface area contributed by atoms with Crippen LogP contribution in [0.3, 0.4) is 0 Å². The first-order valence-corrected chi connectivity index (χ1v) is 11.4. The minimum atomic E-state index is -0.248. The summed E-state index contributed by atoms with van der Waals surface area (Å²) in [6, 6.07) is 15.4. The van der Waals surface area contributed by atoms with Gasteiger partial charge in [-0.15, -0.1) is 11.3 Å². The summed E-state index contributed by atoms with van der Waals surface area (Å²) in [5.41, 5.74) is 8.49. The van der Waals surface area contributed by atoms with E-state index in [4.69, 9.17) is 10.5 Å². The molecular weight excluding hydrogens is 424 g/mol. The van der Waals surface area contributed by atoms with E-state index in [1.165, 1.54) is 11.3 Å². The molecule has 0 bridgehead atoms. The highest BCUT2D eigenvalue weighted by atomic mass is 32.1. The summed E-state index contributed by atoms with van der Waals surface area (Å²) < 4.78 is 5.40. The normalized spacial score (nSPS) is 14.8. The van der Waals surface area contributed by atoms with Gasteiger partial charge in [0.05, 0.1) is 12.7 Å². The maximum absolute atomic E-state index is 12.8. The number of rotatable bonds is 7. The predicted molar refractivity (Wildman–Crippen MR) is 126 cm³/mol. The number of methoxy groups -OCH3 is 1. The molecule has 4 rings (SSSR count). The van der Waals surface area contributed by atoms with Gasteiger partial charge in [-0.25, -0.2) is 4.98 Å². The molecule has 166 valence electrons. The first kappa shape index (κ1) is 22.0. The van der Waals surface area contributed by atoms with Crippen LogP contribution in [0.4, 0.5) is 5.69 Å². The van der Waals surface area contributed by atoms with Gasteiger partial charge in [-0.05, 0) is 55.8 Å². The Bertz CT molecular complexity index is 1110. The quantitative estimate of drug-likeness (QED) is 0.571. The zero-order valence-corrected chi connectivity index (χ0v) is 18.7. The van der Waals surface area contributed by atoms with E-state index < -0.39 is 0 Å². The monoisotopic (exact) mass is 450 g/mol. The van der Waals surface area contributed by atoms with Gasteiger partial charge >= 0.3 is 0 Å². The first-order valence-electron chi connectivity index (χ1n) is 10.5. The number of aromatic nitrogens is 1. The van der Waals surface area contributed by atoms with Gasteiger partial charge < -0.3 is 15.8 Å². The number of piperidine rings is 1. The molecule has 2 aromatic carbocycles. The Morgan fingerprint density at radius 1 is 1.19 bits per heavy atom. The van der Waals surface area contributed by atoms with Crippen molar-refractivity contribution in [2.75, 3.05) is 25.5 Å². The van der Waals surface area contributed by atoms with E-state index in [1.807, 2.05) is 48.5 Å². The lowest BCUT2D eigenvalue weighted by Gasteiger charge is -2.30. The highest BCUT2D eigenvalue weighted by molar-refractivity contribution is 7.13. The van der Waals surface area contributed by atoms with Crippen molar-refractivity contribution in [1.29, 1.82) is 0 Å². The molecule has 0 spiro atoms. The highest BCUT2D eigenvalue weighted by Gasteiger charge is 2.23. The maximum Gasteiger partial charge on any atom is 0.275 e. The van der Waals surface area contributed by atoms with Crippen molar-refractivity contribution in [3.05, 3.63) is 65.2 Å². The number of nitrogens with two attached hydrogens (primary N) is 1. The van der Waals surface area contributed by atoms with Gasteiger partial charge in [0, 0.05) is 23.5 Å². The van der Waals surface area contributed by atoms with Gasteiger partial charge in [-0.2, -0.15) is 0 Å². The average molecular weight is 451 g/mol. The molecule has 0 saturated carbocycles. The number of carbonyl (C=O) groups excluding carboxylic acids is 2. The molecule has 1 aliphatic heterocycles. The minimum Gasteiger partial charge on any atom is -0.496 e. The molecule has 1 aromatic heterocycles. The lowest BCUT2D eigenvalue weighted by Crippen LogP contribution is -2.38. The van der Waals surface area contributed by atoms with Gasteiger partial charge in [-0.1, -0.05) is 24.3 Å². The molecule has 7 nitrogen and oxygen atoms in total. The summed E-state index contributed by atoms with van der Waals surface area (Å²) in [5.74, 6) is 0.254. The lowest BCUT2D eigenvalue weighted by atomic mass is 9.96. The fraction of sp³-hybridized carbons (Fsp3) is 0.292. The number of amides is 2. The fourth-order valence-electron chi connectivity index (χ4n) is 3.90. The molecule has 0 aliphatic carbocycles. The number of nitrogens with one attached hydrogen (secondary N) is 1. The summed E-state index contributed by atoms with van der Waals surface area (Å²) in [4.78, 5) is 30.9. The number of likely N-dealkylation sites (tertiary alicyclic amines) is 1. The van der Waals surface area contributed by atoms with Crippen molar-refractivity contribution in [1.82, 2.24) is 9.88 Å². The molecule has 8 heteroatoms. The van der Waals surface area contributed by atoms with Gasteiger partial charge in [0.15, 0.2) is 0 Å². The molecule has 0 atom stereocenters. The summed E-state index contributed by atoms with van der Waals surface area (Å²) in [7, 11) is 1.62. The predicted octanol–water partition coefficient (Wildman–Crippen LogP) is 3.77. The molecule has 1 aliphatic rings. The number of carbonyl (C=O) groups is 2. The third-order valence-electron chi connectivity index (χ3n) is 5.66. The molecule has 0 radical (unpaired) electrons. The van der Waals surface area contributed by atoms with Crippen molar-refractivity contribution in [2.24, 2.45) is 11.7 Å². The Morgan fingerprint density at radius 3 is 2.72 bits per heavy atom. The van der Waals surface area contributed by atoms with Crippen LogP contribution >= 0.6 is 11.3 Å². The van der Waals surface area contributed by atoms with Gasteiger partial charge in [0.1, 0.15) is 16.5 Å². The molecule has 1 saturated heterocycles. The molecule has 32 heavy (non-hydrogen) atoms. The van der Waals surface area contributed by atoms with Crippen molar-refractivity contribution in [3.8, 4) is 16.3 Å².